The van der Waals surface area contributed by atoms with E-state index in [0.717, 1.165) is 58.8 Å². The molecule has 8 rings (SSSR count). The third kappa shape index (κ3) is 11.1. The van der Waals surface area contributed by atoms with Crippen molar-refractivity contribution in [3.63, 3.8) is 0 Å². The summed E-state index contributed by atoms with van der Waals surface area (Å²) in [5.41, 5.74) is 9.10. The minimum absolute atomic E-state index is 0.00317. The number of nitrogens with zero attached hydrogens (tertiary/aromatic N) is 1. The largest absolute Gasteiger partial charge is 0.457 e. The number of aliphatic hydroxyl groups is 1. The molecule has 0 unspecified atom stereocenters. The number of nitrogens with one attached hydrogen (secondary N) is 2. The van der Waals surface area contributed by atoms with Crippen LogP contribution in [0.15, 0.2) is 188 Å². The average Bonchev–Trinajstić information content (AvgIpc) is 3.30. The van der Waals surface area contributed by atoms with Crippen molar-refractivity contribution in [3.8, 4) is 22.6 Å². The zero-order valence-corrected chi connectivity index (χ0v) is 33.4. The minimum atomic E-state index is -0.572. The van der Waals surface area contributed by atoms with Crippen LogP contribution in [0.1, 0.15) is 52.2 Å². The summed E-state index contributed by atoms with van der Waals surface area (Å²) in [6.45, 7) is 2.68. The summed E-state index contributed by atoms with van der Waals surface area (Å²) in [6.07, 6.45) is -0.169. The van der Waals surface area contributed by atoms with E-state index in [1.165, 1.54) is 11.1 Å². The first-order chi connectivity index (χ1) is 29.5. The number of urea groups is 1. The van der Waals surface area contributed by atoms with Crippen molar-refractivity contribution in [2.24, 2.45) is 0 Å². The first-order valence-electron chi connectivity index (χ1n) is 20.4. The highest BCUT2D eigenvalue weighted by Gasteiger charge is 2.33. The van der Waals surface area contributed by atoms with Gasteiger partial charge in [-0.2, -0.15) is 0 Å². The van der Waals surface area contributed by atoms with Crippen LogP contribution in [0.5, 0.6) is 11.5 Å². The van der Waals surface area contributed by atoms with Crippen LogP contribution >= 0.6 is 0 Å². The van der Waals surface area contributed by atoms with Crippen LogP contribution in [-0.2, 0) is 35.7 Å². The van der Waals surface area contributed by atoms with Crippen LogP contribution in [0.2, 0.25) is 0 Å². The highest BCUT2D eigenvalue weighted by atomic mass is 16.7. The molecule has 1 saturated heterocycles. The second kappa shape index (κ2) is 19.9. The van der Waals surface area contributed by atoms with Crippen LogP contribution < -0.4 is 15.4 Å². The first-order valence-corrected chi connectivity index (χ1v) is 20.4. The molecule has 7 aromatic rings. The predicted molar refractivity (Wildman–Crippen MR) is 236 cm³/mol. The van der Waals surface area contributed by atoms with Gasteiger partial charge >= 0.3 is 6.03 Å². The van der Waals surface area contributed by atoms with Gasteiger partial charge in [-0.15, -0.1) is 0 Å². The Morgan fingerprint density at radius 2 is 1.20 bits per heavy atom. The number of carbonyl (C=O) groups is 1. The molecule has 0 spiro atoms. The summed E-state index contributed by atoms with van der Waals surface area (Å²) in [5.74, 6) is 1.44. The quantitative estimate of drug-likeness (QED) is 0.0957. The SMILES string of the molecule is O=C(NCc1cccc(-c2ccc([C@H]3O[C@@H](CN(Cc4ccccc4)Cc4ccccc4)C[C@@H](c4ccc(CO)cc4)O3)cc2)c1)Nc1ccc(Oc2ccccc2)cc1. The van der Waals surface area contributed by atoms with Crippen molar-refractivity contribution >= 4 is 11.7 Å². The summed E-state index contributed by atoms with van der Waals surface area (Å²) < 4.78 is 19.4. The maximum absolute atomic E-state index is 12.8. The Hall–Kier alpha value is -6.55. The lowest BCUT2D eigenvalue weighted by Crippen LogP contribution is -2.39. The molecule has 3 atom stereocenters. The van der Waals surface area contributed by atoms with Crippen LogP contribution in [0.25, 0.3) is 11.1 Å². The van der Waals surface area contributed by atoms with E-state index in [-0.39, 0.29) is 24.8 Å². The van der Waals surface area contributed by atoms with Gasteiger partial charge in [0.15, 0.2) is 6.29 Å². The van der Waals surface area contributed by atoms with E-state index in [4.69, 9.17) is 14.2 Å². The summed E-state index contributed by atoms with van der Waals surface area (Å²) >= 11 is 0. The van der Waals surface area contributed by atoms with Crippen molar-refractivity contribution in [2.45, 2.75) is 51.2 Å². The maximum atomic E-state index is 12.8. The second-order valence-corrected chi connectivity index (χ2v) is 15.1. The molecule has 1 fully saturated rings. The number of ether oxygens (including phenoxy) is 3. The van der Waals surface area contributed by atoms with E-state index in [0.29, 0.717) is 24.4 Å². The maximum Gasteiger partial charge on any atom is 0.319 e. The van der Waals surface area contributed by atoms with Gasteiger partial charge in [-0.05, 0) is 81.4 Å². The number of amides is 2. The monoisotopic (exact) mass is 795 g/mol. The van der Waals surface area contributed by atoms with Crippen molar-refractivity contribution in [3.05, 3.63) is 221 Å². The smallest absolute Gasteiger partial charge is 0.319 e. The molecule has 60 heavy (non-hydrogen) atoms. The molecular formula is C52H49N3O5. The molecule has 1 heterocycles. The molecule has 7 aromatic carbocycles. The van der Waals surface area contributed by atoms with Crippen LogP contribution in [0, 0.1) is 0 Å². The normalized spacial score (nSPS) is 16.3. The number of hydrogen-bond donors (Lipinski definition) is 3. The Bertz CT molecular complexity index is 2350. The highest BCUT2D eigenvalue weighted by molar-refractivity contribution is 5.89. The Morgan fingerprint density at radius 3 is 1.85 bits per heavy atom. The molecule has 1 aliphatic rings. The molecular weight excluding hydrogens is 747 g/mol. The highest BCUT2D eigenvalue weighted by Crippen LogP contribution is 2.39. The molecule has 0 saturated carbocycles. The summed E-state index contributed by atoms with van der Waals surface area (Å²) in [7, 11) is 0. The number of aliphatic hydroxyl groups excluding tert-OH is 1. The number of carbonyl (C=O) groups excluding carboxylic acids is 1. The van der Waals surface area contributed by atoms with E-state index >= 15 is 0 Å². The van der Waals surface area contributed by atoms with E-state index in [2.05, 4.69) is 125 Å². The molecule has 8 nitrogen and oxygen atoms in total. The molecule has 3 N–H and O–H groups in total. The number of anilines is 1. The zero-order valence-electron chi connectivity index (χ0n) is 33.4. The Balaban J connectivity index is 0.929. The molecule has 0 aliphatic carbocycles. The molecule has 0 aromatic heterocycles. The van der Waals surface area contributed by atoms with Crippen molar-refractivity contribution < 1.29 is 24.1 Å². The molecule has 2 amide bonds. The number of hydrogen-bond acceptors (Lipinski definition) is 6. The van der Waals surface area contributed by atoms with E-state index in [1.54, 1.807) is 0 Å². The number of para-hydroxylation sites is 1. The fraction of sp³-hybridized carbons (Fsp3) is 0.173. The van der Waals surface area contributed by atoms with Gasteiger partial charge in [0, 0.05) is 43.9 Å². The van der Waals surface area contributed by atoms with E-state index in [1.807, 2.05) is 78.9 Å². The van der Waals surface area contributed by atoms with Gasteiger partial charge in [-0.25, -0.2) is 4.79 Å². The lowest BCUT2D eigenvalue weighted by molar-refractivity contribution is -0.253. The molecule has 8 heteroatoms. The molecule has 1 aliphatic heterocycles. The Morgan fingerprint density at radius 1 is 0.600 bits per heavy atom. The van der Waals surface area contributed by atoms with Gasteiger partial charge in [0.05, 0.1) is 18.8 Å². The van der Waals surface area contributed by atoms with Gasteiger partial charge in [-0.3, -0.25) is 4.90 Å². The lowest BCUT2D eigenvalue weighted by Gasteiger charge is -2.38. The summed E-state index contributed by atoms with van der Waals surface area (Å²) in [5, 5.41) is 15.6. The van der Waals surface area contributed by atoms with Gasteiger partial charge in [0.1, 0.15) is 11.5 Å². The third-order valence-corrected chi connectivity index (χ3v) is 10.6. The third-order valence-electron chi connectivity index (χ3n) is 10.6. The van der Waals surface area contributed by atoms with E-state index in [9.17, 15) is 9.90 Å². The second-order valence-electron chi connectivity index (χ2n) is 15.1. The standard InChI is InChI=1S/C52H49N3O5/c56-37-40-19-21-43(22-20-40)50-32-49(36-55(34-38-11-4-1-5-12-38)35-39-13-6-2-7-14-39)59-51(60-50)44-25-23-42(24-26-44)45-16-10-15-41(31-45)33-53-52(57)54-46-27-29-48(30-28-46)58-47-17-8-3-9-18-47/h1-31,49-51,56H,32-37H2,(H2,53,54,57)/t49-,50+,51+/m1/s1. The van der Waals surface area contributed by atoms with Crippen LogP contribution in [0.4, 0.5) is 10.5 Å². The Kier molecular flexibility index (Phi) is 13.4. The van der Waals surface area contributed by atoms with Crippen molar-refractivity contribution in [1.29, 1.82) is 0 Å². The minimum Gasteiger partial charge on any atom is -0.457 e. The van der Waals surface area contributed by atoms with Gasteiger partial charge in [0.2, 0.25) is 0 Å². The van der Waals surface area contributed by atoms with Gasteiger partial charge in [-0.1, -0.05) is 146 Å². The number of rotatable bonds is 15. The van der Waals surface area contributed by atoms with E-state index < -0.39 is 6.29 Å². The van der Waals surface area contributed by atoms with Crippen molar-refractivity contribution in [2.75, 3.05) is 11.9 Å². The van der Waals surface area contributed by atoms with Gasteiger partial charge in [0.25, 0.3) is 0 Å². The van der Waals surface area contributed by atoms with Crippen molar-refractivity contribution in [1.82, 2.24) is 10.2 Å². The fourth-order valence-electron chi connectivity index (χ4n) is 7.47. The number of benzene rings is 7. The Labute approximate surface area is 352 Å². The topological polar surface area (TPSA) is 92.3 Å². The predicted octanol–water partition coefficient (Wildman–Crippen LogP) is 11.2. The molecule has 0 radical (unpaired) electrons. The average molecular weight is 796 g/mol. The van der Waals surface area contributed by atoms with Gasteiger partial charge < -0.3 is 30.0 Å². The first kappa shape index (κ1) is 40.2. The fourth-order valence-corrected chi connectivity index (χ4v) is 7.47. The lowest BCUT2D eigenvalue weighted by atomic mass is 9.98. The summed E-state index contributed by atoms with van der Waals surface area (Å²) in [6, 6.07) is 62.2. The molecule has 0 bridgehead atoms. The molecule has 302 valence electrons. The van der Waals surface area contributed by atoms with Crippen LogP contribution in [-0.4, -0.2) is 28.7 Å². The summed E-state index contributed by atoms with van der Waals surface area (Å²) in [4.78, 5) is 15.3. The van der Waals surface area contributed by atoms with Crippen LogP contribution in [0.3, 0.4) is 0 Å². The zero-order chi connectivity index (χ0) is 40.9.